The van der Waals surface area contributed by atoms with Crippen molar-refractivity contribution in [2.24, 2.45) is 9.98 Å². The normalized spacial score (nSPS) is 20.5. The van der Waals surface area contributed by atoms with Gasteiger partial charge in [-0.1, -0.05) is 25.0 Å². The summed E-state index contributed by atoms with van der Waals surface area (Å²) < 4.78 is 0. The first kappa shape index (κ1) is 12.1. The van der Waals surface area contributed by atoms with Crippen molar-refractivity contribution in [3.63, 3.8) is 0 Å². The first-order valence-electron chi connectivity index (χ1n) is 6.80. The molecule has 0 unspecified atom stereocenters. The first-order valence-corrected chi connectivity index (χ1v) is 6.80. The second-order valence-corrected chi connectivity index (χ2v) is 5.20. The maximum absolute atomic E-state index is 10.7. The van der Waals surface area contributed by atoms with Crippen molar-refractivity contribution in [2.45, 2.75) is 31.2 Å². The Bertz CT molecular complexity index is 523. The highest BCUT2D eigenvalue weighted by Crippen LogP contribution is 2.42. The van der Waals surface area contributed by atoms with Gasteiger partial charge in [0.25, 0.3) is 0 Å². The Morgan fingerprint density at radius 2 is 1.95 bits per heavy atom. The van der Waals surface area contributed by atoms with Gasteiger partial charge in [-0.2, -0.15) is 4.99 Å². The largest absolute Gasteiger partial charge is 0.331 e. The van der Waals surface area contributed by atoms with Gasteiger partial charge in [-0.25, -0.2) is 4.79 Å². The topological polar surface area (TPSA) is 45.0 Å². The van der Waals surface area contributed by atoms with Crippen molar-refractivity contribution >= 4 is 18.1 Å². The van der Waals surface area contributed by atoms with E-state index in [0.717, 1.165) is 50.0 Å². The summed E-state index contributed by atoms with van der Waals surface area (Å²) in [6, 6.07) is 8.36. The lowest BCUT2D eigenvalue weighted by molar-refractivity contribution is 0.456. The van der Waals surface area contributed by atoms with Crippen molar-refractivity contribution in [3.05, 3.63) is 29.8 Å². The van der Waals surface area contributed by atoms with Gasteiger partial charge in [0.15, 0.2) is 0 Å². The number of carbonyl (C=O) groups excluding carboxylic acids is 1. The zero-order chi connectivity index (χ0) is 13.1. The molecule has 1 saturated carbocycles. The highest BCUT2D eigenvalue weighted by atomic mass is 16.1. The summed E-state index contributed by atoms with van der Waals surface area (Å²) in [6.45, 7) is 1.80. The van der Waals surface area contributed by atoms with Crippen LogP contribution in [0, 0.1) is 0 Å². The van der Waals surface area contributed by atoms with E-state index < -0.39 is 0 Å². The van der Waals surface area contributed by atoms with E-state index >= 15 is 0 Å². The number of isocyanates is 1. The number of aliphatic imine (C=N–C) groups is 2. The van der Waals surface area contributed by atoms with Crippen LogP contribution in [0.15, 0.2) is 34.3 Å². The smallest absolute Gasteiger partial charge is 0.235 e. The zero-order valence-corrected chi connectivity index (χ0v) is 10.9. The quantitative estimate of drug-likeness (QED) is 0.615. The fourth-order valence-corrected chi connectivity index (χ4v) is 3.05. The molecule has 1 aliphatic heterocycles. The molecule has 1 heterocycles. The van der Waals surface area contributed by atoms with Gasteiger partial charge in [0.05, 0.1) is 18.4 Å². The zero-order valence-electron chi connectivity index (χ0n) is 10.9. The second-order valence-electron chi connectivity index (χ2n) is 5.20. The van der Waals surface area contributed by atoms with Crippen molar-refractivity contribution < 1.29 is 4.79 Å². The lowest BCUT2D eigenvalue weighted by atomic mass is 9.89. The van der Waals surface area contributed by atoms with Gasteiger partial charge in [0.2, 0.25) is 6.08 Å². The van der Waals surface area contributed by atoms with Crippen LogP contribution in [0.3, 0.4) is 0 Å². The van der Waals surface area contributed by atoms with E-state index in [2.05, 4.69) is 39.2 Å². The summed E-state index contributed by atoms with van der Waals surface area (Å²) in [7, 11) is 0. The third-order valence-corrected chi connectivity index (χ3v) is 4.12. The Hall–Kier alpha value is -1.93. The van der Waals surface area contributed by atoms with E-state index in [1.54, 1.807) is 6.08 Å². The van der Waals surface area contributed by atoms with Crippen molar-refractivity contribution in [1.82, 2.24) is 0 Å². The SMILES string of the molecule is O=C=NC1(c2ccc(N3C=NCC3)cc2)CCCC1. The van der Waals surface area contributed by atoms with Gasteiger partial charge in [-0.15, -0.1) is 0 Å². The Labute approximate surface area is 112 Å². The van der Waals surface area contributed by atoms with E-state index in [4.69, 9.17) is 0 Å². The number of hydrogen-bond donors (Lipinski definition) is 0. The molecule has 0 amide bonds. The summed E-state index contributed by atoms with van der Waals surface area (Å²) in [5.74, 6) is 0. The van der Waals surface area contributed by atoms with Crippen LogP contribution >= 0.6 is 0 Å². The molecule has 1 fully saturated rings. The van der Waals surface area contributed by atoms with Gasteiger partial charge in [-0.3, -0.25) is 4.99 Å². The van der Waals surface area contributed by atoms with Crippen LogP contribution in [0.2, 0.25) is 0 Å². The molecule has 0 aromatic heterocycles. The van der Waals surface area contributed by atoms with Gasteiger partial charge in [-0.05, 0) is 30.5 Å². The van der Waals surface area contributed by atoms with Crippen LogP contribution in [0.4, 0.5) is 5.69 Å². The fourth-order valence-electron chi connectivity index (χ4n) is 3.05. The van der Waals surface area contributed by atoms with Crippen LogP contribution in [0.5, 0.6) is 0 Å². The molecule has 2 aliphatic rings. The molecule has 98 valence electrons. The van der Waals surface area contributed by atoms with Crippen LogP contribution in [0.1, 0.15) is 31.2 Å². The second kappa shape index (κ2) is 4.98. The Kier molecular flexibility index (Phi) is 3.18. The molecule has 0 N–H and O–H groups in total. The van der Waals surface area contributed by atoms with Crippen LogP contribution in [0.25, 0.3) is 0 Å². The molecule has 0 bridgehead atoms. The maximum atomic E-state index is 10.7. The molecule has 1 aliphatic carbocycles. The molecule has 4 heteroatoms. The van der Waals surface area contributed by atoms with Crippen LogP contribution < -0.4 is 4.90 Å². The predicted molar refractivity (Wildman–Crippen MR) is 75.4 cm³/mol. The van der Waals surface area contributed by atoms with E-state index in [-0.39, 0.29) is 5.54 Å². The standard InChI is InChI=1S/C15H17N3O/c19-12-17-15(7-1-2-8-15)13-3-5-14(6-4-13)18-10-9-16-11-18/h3-6,11H,1-2,7-10H2. The lowest BCUT2D eigenvalue weighted by Gasteiger charge is -2.23. The van der Waals surface area contributed by atoms with Crippen molar-refractivity contribution in [2.75, 3.05) is 18.0 Å². The lowest BCUT2D eigenvalue weighted by Crippen LogP contribution is -2.20. The van der Waals surface area contributed by atoms with E-state index in [9.17, 15) is 4.79 Å². The van der Waals surface area contributed by atoms with Crippen LogP contribution in [-0.2, 0) is 10.3 Å². The minimum Gasteiger partial charge on any atom is -0.331 e. The predicted octanol–water partition coefficient (Wildman–Crippen LogP) is 2.64. The number of anilines is 1. The minimum atomic E-state index is -0.320. The van der Waals surface area contributed by atoms with E-state index in [1.165, 1.54) is 0 Å². The summed E-state index contributed by atoms with van der Waals surface area (Å²) >= 11 is 0. The molecule has 0 saturated heterocycles. The monoisotopic (exact) mass is 255 g/mol. The molecule has 1 aromatic carbocycles. The number of nitrogens with zero attached hydrogens (tertiary/aromatic N) is 3. The molecular formula is C15H17N3O. The minimum absolute atomic E-state index is 0.320. The van der Waals surface area contributed by atoms with Crippen molar-refractivity contribution in [3.8, 4) is 0 Å². The molecular weight excluding hydrogens is 238 g/mol. The van der Waals surface area contributed by atoms with E-state index in [0.29, 0.717) is 0 Å². The van der Waals surface area contributed by atoms with E-state index in [1.807, 2.05) is 6.34 Å². The number of rotatable bonds is 3. The Balaban J connectivity index is 1.88. The third-order valence-electron chi connectivity index (χ3n) is 4.12. The molecule has 0 radical (unpaired) electrons. The fraction of sp³-hybridized carbons (Fsp3) is 0.467. The summed E-state index contributed by atoms with van der Waals surface area (Å²) in [5.41, 5.74) is 1.96. The number of hydrogen-bond acceptors (Lipinski definition) is 4. The summed E-state index contributed by atoms with van der Waals surface area (Å²) in [6.07, 6.45) is 7.80. The molecule has 0 spiro atoms. The Morgan fingerprint density at radius 1 is 1.21 bits per heavy atom. The molecule has 1 aromatic rings. The Morgan fingerprint density at radius 3 is 2.53 bits per heavy atom. The summed E-state index contributed by atoms with van der Waals surface area (Å²) in [4.78, 5) is 21.2. The van der Waals surface area contributed by atoms with Gasteiger partial charge >= 0.3 is 0 Å². The molecule has 19 heavy (non-hydrogen) atoms. The third kappa shape index (κ3) is 2.20. The molecule has 0 atom stereocenters. The average Bonchev–Trinajstić information content (AvgIpc) is 3.11. The molecule has 4 nitrogen and oxygen atoms in total. The van der Waals surface area contributed by atoms with Gasteiger partial charge in [0, 0.05) is 12.2 Å². The molecule has 3 rings (SSSR count). The summed E-state index contributed by atoms with van der Waals surface area (Å²) in [5, 5.41) is 0. The highest BCUT2D eigenvalue weighted by molar-refractivity contribution is 5.80. The average molecular weight is 255 g/mol. The first-order chi connectivity index (χ1) is 9.34. The number of benzene rings is 1. The van der Waals surface area contributed by atoms with Gasteiger partial charge < -0.3 is 4.90 Å². The van der Waals surface area contributed by atoms with Crippen LogP contribution in [-0.4, -0.2) is 25.5 Å². The van der Waals surface area contributed by atoms with Gasteiger partial charge in [0.1, 0.15) is 0 Å². The maximum Gasteiger partial charge on any atom is 0.235 e. The highest BCUT2D eigenvalue weighted by Gasteiger charge is 2.35. The van der Waals surface area contributed by atoms with Crippen molar-refractivity contribution in [1.29, 1.82) is 0 Å².